The molecule has 0 aromatic heterocycles. The molecular weight excluding hydrogens is 172 g/mol. The van der Waals surface area contributed by atoms with Crippen molar-refractivity contribution in [2.45, 2.75) is 6.42 Å². The van der Waals surface area contributed by atoms with Crippen LogP contribution in [-0.4, -0.2) is 0 Å². The van der Waals surface area contributed by atoms with E-state index >= 15 is 0 Å². The molecule has 2 nitrogen and oxygen atoms in total. The molecule has 2 aromatic carbocycles. The van der Waals surface area contributed by atoms with Gasteiger partial charge in [0.1, 0.15) is 0 Å². The predicted molar refractivity (Wildman–Crippen MR) is 57.7 cm³/mol. The SMILES string of the molecule is N#CCc1cc(N)cc2ccccc12. The molecule has 2 aromatic rings. The fourth-order valence-electron chi connectivity index (χ4n) is 1.65. The van der Waals surface area contributed by atoms with Crippen molar-refractivity contribution in [3.63, 3.8) is 0 Å². The van der Waals surface area contributed by atoms with Crippen LogP contribution in [0.4, 0.5) is 5.69 Å². The number of fused-ring (bicyclic) bond motifs is 1. The van der Waals surface area contributed by atoms with Gasteiger partial charge in [-0.1, -0.05) is 24.3 Å². The van der Waals surface area contributed by atoms with Gasteiger partial charge in [-0.15, -0.1) is 0 Å². The second kappa shape index (κ2) is 3.39. The zero-order chi connectivity index (χ0) is 9.97. The van der Waals surface area contributed by atoms with E-state index in [4.69, 9.17) is 11.0 Å². The Balaban J connectivity index is 2.74. The van der Waals surface area contributed by atoms with E-state index in [9.17, 15) is 0 Å². The zero-order valence-electron chi connectivity index (χ0n) is 7.70. The minimum Gasteiger partial charge on any atom is -0.399 e. The maximum Gasteiger partial charge on any atom is 0.0669 e. The molecule has 0 saturated carbocycles. The average molecular weight is 182 g/mol. The van der Waals surface area contributed by atoms with Crippen molar-refractivity contribution in [1.82, 2.24) is 0 Å². The summed E-state index contributed by atoms with van der Waals surface area (Å²) >= 11 is 0. The van der Waals surface area contributed by atoms with Crippen molar-refractivity contribution in [3.8, 4) is 6.07 Å². The van der Waals surface area contributed by atoms with E-state index in [0.29, 0.717) is 12.1 Å². The van der Waals surface area contributed by atoms with E-state index in [1.807, 2.05) is 36.4 Å². The van der Waals surface area contributed by atoms with E-state index in [2.05, 4.69) is 6.07 Å². The standard InChI is InChI=1S/C12H10N2/c13-6-5-10-8-11(14)7-9-3-1-2-4-12(9)10/h1-4,7-8H,5,14H2. The molecule has 2 rings (SSSR count). The summed E-state index contributed by atoms with van der Waals surface area (Å²) in [6.07, 6.45) is 0.408. The highest BCUT2D eigenvalue weighted by Gasteiger charge is 2.01. The van der Waals surface area contributed by atoms with Gasteiger partial charge in [-0.3, -0.25) is 0 Å². The van der Waals surface area contributed by atoms with E-state index < -0.39 is 0 Å². The van der Waals surface area contributed by atoms with Crippen molar-refractivity contribution < 1.29 is 0 Å². The zero-order valence-corrected chi connectivity index (χ0v) is 7.70. The van der Waals surface area contributed by atoms with Crippen LogP contribution in [0.15, 0.2) is 36.4 Å². The summed E-state index contributed by atoms with van der Waals surface area (Å²) in [5, 5.41) is 10.9. The number of nitrogens with zero attached hydrogens (tertiary/aromatic N) is 1. The summed E-state index contributed by atoms with van der Waals surface area (Å²) in [6, 6.07) is 13.9. The van der Waals surface area contributed by atoms with Crippen LogP contribution in [0.2, 0.25) is 0 Å². The molecule has 2 heteroatoms. The van der Waals surface area contributed by atoms with Crippen molar-refractivity contribution in [2.24, 2.45) is 0 Å². The second-order valence-electron chi connectivity index (χ2n) is 3.24. The molecular formula is C12H10N2. The van der Waals surface area contributed by atoms with Crippen LogP contribution in [0, 0.1) is 11.3 Å². The Bertz CT molecular complexity index is 509. The summed E-state index contributed by atoms with van der Waals surface area (Å²) in [4.78, 5) is 0. The third-order valence-electron chi connectivity index (χ3n) is 2.24. The number of anilines is 1. The summed E-state index contributed by atoms with van der Waals surface area (Å²) in [7, 11) is 0. The smallest absolute Gasteiger partial charge is 0.0669 e. The monoisotopic (exact) mass is 182 g/mol. The number of hydrogen-bond donors (Lipinski definition) is 1. The Morgan fingerprint density at radius 3 is 2.79 bits per heavy atom. The topological polar surface area (TPSA) is 49.8 Å². The number of benzene rings is 2. The van der Waals surface area contributed by atoms with E-state index in [1.54, 1.807) is 0 Å². The molecule has 0 aliphatic rings. The van der Waals surface area contributed by atoms with Gasteiger partial charge in [-0.2, -0.15) is 5.26 Å². The van der Waals surface area contributed by atoms with Gasteiger partial charge < -0.3 is 5.73 Å². The lowest BCUT2D eigenvalue weighted by molar-refractivity contribution is 1.29. The van der Waals surface area contributed by atoms with Gasteiger partial charge in [0.05, 0.1) is 12.5 Å². The van der Waals surface area contributed by atoms with Crippen LogP contribution in [0.25, 0.3) is 10.8 Å². The first kappa shape index (κ1) is 8.58. The van der Waals surface area contributed by atoms with Gasteiger partial charge >= 0.3 is 0 Å². The van der Waals surface area contributed by atoms with Gasteiger partial charge in [0.25, 0.3) is 0 Å². The number of nitrogens with two attached hydrogens (primary N) is 1. The molecule has 0 amide bonds. The van der Waals surface area contributed by atoms with Gasteiger partial charge in [0.15, 0.2) is 0 Å². The number of nitrogen functional groups attached to an aromatic ring is 1. The summed E-state index contributed by atoms with van der Waals surface area (Å²) < 4.78 is 0. The van der Waals surface area contributed by atoms with E-state index in [0.717, 1.165) is 16.3 Å². The predicted octanol–water partition coefficient (Wildman–Crippen LogP) is 2.49. The normalized spacial score (nSPS) is 9.93. The Hall–Kier alpha value is -2.01. The molecule has 0 aliphatic heterocycles. The molecule has 0 unspecified atom stereocenters. The van der Waals surface area contributed by atoms with Crippen molar-refractivity contribution in [3.05, 3.63) is 42.0 Å². The maximum absolute atomic E-state index is 8.68. The molecule has 2 N–H and O–H groups in total. The van der Waals surface area contributed by atoms with Gasteiger partial charge in [0, 0.05) is 5.69 Å². The molecule has 14 heavy (non-hydrogen) atoms. The highest BCUT2D eigenvalue weighted by molar-refractivity contribution is 5.88. The second-order valence-corrected chi connectivity index (χ2v) is 3.24. The lowest BCUT2D eigenvalue weighted by atomic mass is 10.0. The summed E-state index contributed by atoms with van der Waals surface area (Å²) in [5.74, 6) is 0. The minimum absolute atomic E-state index is 0.408. The third-order valence-corrected chi connectivity index (χ3v) is 2.24. The highest BCUT2D eigenvalue weighted by atomic mass is 14.5. The Labute approximate surface area is 82.6 Å². The van der Waals surface area contributed by atoms with Gasteiger partial charge in [0.2, 0.25) is 0 Å². The molecule has 0 aliphatic carbocycles. The molecule has 0 fully saturated rings. The first-order valence-electron chi connectivity index (χ1n) is 4.45. The molecule has 0 bridgehead atoms. The number of hydrogen-bond acceptors (Lipinski definition) is 2. The molecule has 0 saturated heterocycles. The van der Waals surface area contributed by atoms with Crippen molar-refractivity contribution in [1.29, 1.82) is 5.26 Å². The van der Waals surface area contributed by atoms with Crippen LogP contribution >= 0.6 is 0 Å². The number of nitriles is 1. The quantitative estimate of drug-likeness (QED) is 0.689. The molecule has 0 heterocycles. The van der Waals surface area contributed by atoms with E-state index in [1.165, 1.54) is 0 Å². The number of rotatable bonds is 1. The molecule has 0 radical (unpaired) electrons. The van der Waals surface area contributed by atoms with Crippen LogP contribution in [0.5, 0.6) is 0 Å². The van der Waals surface area contributed by atoms with Crippen LogP contribution in [0.1, 0.15) is 5.56 Å². The van der Waals surface area contributed by atoms with Crippen LogP contribution < -0.4 is 5.73 Å². The lowest BCUT2D eigenvalue weighted by Crippen LogP contribution is -1.90. The Morgan fingerprint density at radius 1 is 1.21 bits per heavy atom. The maximum atomic E-state index is 8.68. The minimum atomic E-state index is 0.408. The van der Waals surface area contributed by atoms with Crippen LogP contribution in [-0.2, 0) is 6.42 Å². The average Bonchev–Trinajstić information content (AvgIpc) is 2.18. The highest BCUT2D eigenvalue weighted by Crippen LogP contribution is 2.22. The molecule has 0 spiro atoms. The lowest BCUT2D eigenvalue weighted by Gasteiger charge is -2.04. The molecule has 0 atom stereocenters. The van der Waals surface area contributed by atoms with Crippen molar-refractivity contribution >= 4 is 16.5 Å². The van der Waals surface area contributed by atoms with Crippen LogP contribution in [0.3, 0.4) is 0 Å². The van der Waals surface area contributed by atoms with E-state index in [-0.39, 0.29) is 0 Å². The summed E-state index contributed by atoms with van der Waals surface area (Å²) in [6.45, 7) is 0. The largest absolute Gasteiger partial charge is 0.399 e. The molecule has 68 valence electrons. The third kappa shape index (κ3) is 1.40. The Kier molecular flexibility index (Phi) is 2.08. The van der Waals surface area contributed by atoms with Crippen molar-refractivity contribution in [2.75, 3.05) is 5.73 Å². The fraction of sp³-hybridized carbons (Fsp3) is 0.0833. The first-order chi connectivity index (χ1) is 6.81. The van der Waals surface area contributed by atoms with Gasteiger partial charge in [-0.05, 0) is 28.5 Å². The Morgan fingerprint density at radius 2 is 2.00 bits per heavy atom. The van der Waals surface area contributed by atoms with Gasteiger partial charge in [-0.25, -0.2) is 0 Å². The fourth-order valence-corrected chi connectivity index (χ4v) is 1.65. The summed E-state index contributed by atoms with van der Waals surface area (Å²) in [5.41, 5.74) is 7.47. The first-order valence-corrected chi connectivity index (χ1v) is 4.45.